The number of nitrogens with one attached hydrogen (secondary N) is 1. The van der Waals surface area contributed by atoms with Gasteiger partial charge in [-0.25, -0.2) is 0 Å². The lowest BCUT2D eigenvalue weighted by atomic mass is 10.0. The fourth-order valence-corrected chi connectivity index (χ4v) is 2.15. The molecule has 3 heteroatoms. The molecule has 0 radical (unpaired) electrons. The van der Waals surface area contributed by atoms with E-state index >= 15 is 0 Å². The standard InChI is InChI=1S/C12H16ClNO/c1-15-12-7-11(14-8-12)6-9-2-4-10(13)5-3-9/h2-5,11-12,14H,6-8H2,1H3/t11-,12-/m0/s1. The van der Waals surface area contributed by atoms with Crippen molar-refractivity contribution in [2.24, 2.45) is 0 Å². The molecule has 0 unspecified atom stereocenters. The first-order valence-electron chi connectivity index (χ1n) is 5.28. The van der Waals surface area contributed by atoms with E-state index in [1.54, 1.807) is 7.11 Å². The normalized spacial score (nSPS) is 25.7. The average molecular weight is 226 g/mol. The van der Waals surface area contributed by atoms with Gasteiger partial charge >= 0.3 is 0 Å². The Kier molecular flexibility index (Phi) is 3.62. The second-order valence-electron chi connectivity index (χ2n) is 4.03. The highest BCUT2D eigenvalue weighted by molar-refractivity contribution is 6.30. The Morgan fingerprint density at radius 1 is 1.40 bits per heavy atom. The van der Waals surface area contributed by atoms with Crippen LogP contribution in [0.15, 0.2) is 24.3 Å². The predicted molar refractivity (Wildman–Crippen MR) is 62.4 cm³/mol. The van der Waals surface area contributed by atoms with Gasteiger partial charge in [0.15, 0.2) is 0 Å². The fraction of sp³-hybridized carbons (Fsp3) is 0.500. The Hall–Kier alpha value is -0.570. The number of hydrogen-bond acceptors (Lipinski definition) is 2. The summed E-state index contributed by atoms with van der Waals surface area (Å²) in [6.45, 7) is 0.967. The molecule has 1 aromatic carbocycles. The van der Waals surface area contributed by atoms with Crippen LogP contribution in [0.5, 0.6) is 0 Å². The maximum absolute atomic E-state index is 5.84. The monoisotopic (exact) mass is 225 g/mol. The quantitative estimate of drug-likeness (QED) is 0.852. The third kappa shape index (κ3) is 2.94. The second-order valence-corrected chi connectivity index (χ2v) is 4.47. The highest BCUT2D eigenvalue weighted by Gasteiger charge is 2.23. The zero-order valence-corrected chi connectivity index (χ0v) is 9.63. The number of hydrogen-bond donors (Lipinski definition) is 1. The predicted octanol–water partition coefficient (Wildman–Crippen LogP) is 2.26. The minimum Gasteiger partial charge on any atom is -0.380 e. The first-order valence-corrected chi connectivity index (χ1v) is 5.66. The third-order valence-electron chi connectivity index (χ3n) is 2.91. The molecule has 0 aliphatic carbocycles. The van der Waals surface area contributed by atoms with E-state index in [4.69, 9.17) is 16.3 Å². The minimum atomic E-state index is 0.377. The van der Waals surface area contributed by atoms with Gasteiger partial charge in [0.2, 0.25) is 0 Å². The highest BCUT2D eigenvalue weighted by Crippen LogP contribution is 2.16. The van der Waals surface area contributed by atoms with Crippen LogP contribution in [0.1, 0.15) is 12.0 Å². The molecule has 1 saturated heterocycles. The van der Waals surface area contributed by atoms with Crippen molar-refractivity contribution in [3.63, 3.8) is 0 Å². The molecular weight excluding hydrogens is 210 g/mol. The largest absolute Gasteiger partial charge is 0.380 e. The van der Waals surface area contributed by atoms with Crippen molar-refractivity contribution in [3.8, 4) is 0 Å². The molecule has 0 bridgehead atoms. The summed E-state index contributed by atoms with van der Waals surface area (Å²) >= 11 is 5.84. The van der Waals surface area contributed by atoms with Crippen molar-refractivity contribution < 1.29 is 4.74 Å². The summed E-state index contributed by atoms with van der Waals surface area (Å²) in [6.07, 6.45) is 2.53. The Morgan fingerprint density at radius 2 is 2.13 bits per heavy atom. The van der Waals surface area contributed by atoms with Crippen molar-refractivity contribution in [2.45, 2.75) is 25.0 Å². The Balaban J connectivity index is 1.90. The molecule has 0 spiro atoms. The molecule has 1 aromatic rings. The van der Waals surface area contributed by atoms with Gasteiger partial charge in [0.1, 0.15) is 0 Å². The summed E-state index contributed by atoms with van der Waals surface area (Å²) in [4.78, 5) is 0. The topological polar surface area (TPSA) is 21.3 Å². The van der Waals surface area contributed by atoms with Crippen LogP contribution in [0.4, 0.5) is 0 Å². The molecule has 0 amide bonds. The average Bonchev–Trinajstić information content (AvgIpc) is 2.69. The van der Waals surface area contributed by atoms with Gasteiger partial charge in [0.05, 0.1) is 6.10 Å². The van der Waals surface area contributed by atoms with Gasteiger partial charge in [-0.3, -0.25) is 0 Å². The molecule has 2 atom stereocenters. The van der Waals surface area contributed by atoms with Crippen molar-refractivity contribution in [1.29, 1.82) is 0 Å². The molecule has 1 aliphatic rings. The molecule has 82 valence electrons. The first-order chi connectivity index (χ1) is 7.28. The summed E-state index contributed by atoms with van der Waals surface area (Å²) in [5.74, 6) is 0. The maximum atomic E-state index is 5.84. The van der Waals surface area contributed by atoms with E-state index in [2.05, 4.69) is 17.4 Å². The third-order valence-corrected chi connectivity index (χ3v) is 3.16. The Bertz CT molecular complexity index is 312. The zero-order valence-electron chi connectivity index (χ0n) is 8.87. The Labute approximate surface area is 95.6 Å². The lowest BCUT2D eigenvalue weighted by Gasteiger charge is -2.10. The first kappa shape index (κ1) is 10.9. The van der Waals surface area contributed by atoms with Gasteiger partial charge in [-0.05, 0) is 30.5 Å². The van der Waals surface area contributed by atoms with E-state index in [-0.39, 0.29) is 0 Å². The molecule has 2 nitrogen and oxygen atoms in total. The zero-order chi connectivity index (χ0) is 10.7. The lowest BCUT2D eigenvalue weighted by Crippen LogP contribution is -2.23. The number of methoxy groups -OCH3 is 1. The van der Waals surface area contributed by atoms with E-state index in [1.165, 1.54) is 5.56 Å². The molecular formula is C12H16ClNO. The molecule has 1 heterocycles. The summed E-state index contributed by atoms with van der Waals surface area (Å²) in [5, 5.41) is 4.26. The van der Waals surface area contributed by atoms with Crippen LogP contribution in [-0.4, -0.2) is 25.8 Å². The minimum absolute atomic E-state index is 0.377. The summed E-state index contributed by atoms with van der Waals surface area (Å²) in [5.41, 5.74) is 1.33. The molecule has 1 fully saturated rings. The molecule has 0 aromatic heterocycles. The number of rotatable bonds is 3. The van der Waals surface area contributed by atoms with Crippen LogP contribution < -0.4 is 5.32 Å². The highest BCUT2D eigenvalue weighted by atomic mass is 35.5. The van der Waals surface area contributed by atoms with Gasteiger partial charge in [-0.15, -0.1) is 0 Å². The maximum Gasteiger partial charge on any atom is 0.0710 e. The van der Waals surface area contributed by atoms with E-state index in [9.17, 15) is 0 Å². The summed E-state index contributed by atoms with van der Waals surface area (Å²) in [6, 6.07) is 8.60. The number of ether oxygens (including phenoxy) is 1. The van der Waals surface area contributed by atoms with Crippen molar-refractivity contribution >= 4 is 11.6 Å². The summed E-state index contributed by atoms with van der Waals surface area (Å²) in [7, 11) is 1.77. The molecule has 1 N–H and O–H groups in total. The second kappa shape index (κ2) is 4.97. The van der Waals surface area contributed by atoms with Crippen LogP contribution in [0, 0.1) is 0 Å². The van der Waals surface area contributed by atoms with Crippen LogP contribution in [-0.2, 0) is 11.2 Å². The summed E-state index contributed by atoms with van der Waals surface area (Å²) < 4.78 is 5.31. The van der Waals surface area contributed by atoms with Crippen LogP contribution in [0.2, 0.25) is 5.02 Å². The van der Waals surface area contributed by atoms with E-state index < -0.39 is 0 Å². The number of benzene rings is 1. The van der Waals surface area contributed by atoms with E-state index in [1.807, 2.05) is 12.1 Å². The molecule has 15 heavy (non-hydrogen) atoms. The lowest BCUT2D eigenvalue weighted by molar-refractivity contribution is 0.117. The van der Waals surface area contributed by atoms with Gasteiger partial charge in [-0.2, -0.15) is 0 Å². The molecule has 0 saturated carbocycles. The van der Waals surface area contributed by atoms with Crippen molar-refractivity contribution in [1.82, 2.24) is 5.32 Å². The SMILES string of the molecule is CO[C@@H]1CN[C@@H](Cc2ccc(Cl)cc2)C1. The van der Waals surface area contributed by atoms with E-state index in [0.717, 1.165) is 24.4 Å². The van der Waals surface area contributed by atoms with Crippen LogP contribution in [0.3, 0.4) is 0 Å². The van der Waals surface area contributed by atoms with Gasteiger partial charge in [0, 0.05) is 24.7 Å². The van der Waals surface area contributed by atoms with Crippen LogP contribution >= 0.6 is 11.6 Å². The smallest absolute Gasteiger partial charge is 0.0710 e. The Morgan fingerprint density at radius 3 is 2.73 bits per heavy atom. The number of halogens is 1. The van der Waals surface area contributed by atoms with Crippen LogP contribution in [0.25, 0.3) is 0 Å². The fourth-order valence-electron chi connectivity index (χ4n) is 2.02. The molecule has 2 rings (SSSR count). The van der Waals surface area contributed by atoms with E-state index in [0.29, 0.717) is 12.1 Å². The van der Waals surface area contributed by atoms with Gasteiger partial charge in [0.25, 0.3) is 0 Å². The van der Waals surface area contributed by atoms with Gasteiger partial charge < -0.3 is 10.1 Å². The van der Waals surface area contributed by atoms with Gasteiger partial charge in [-0.1, -0.05) is 23.7 Å². The molecule has 1 aliphatic heterocycles. The van der Waals surface area contributed by atoms with Crippen molar-refractivity contribution in [3.05, 3.63) is 34.9 Å². The van der Waals surface area contributed by atoms with Crippen molar-refractivity contribution in [2.75, 3.05) is 13.7 Å².